The number of hydrogen-bond donors (Lipinski definition) is 1. The smallest absolute Gasteiger partial charge is 0.261 e. The van der Waals surface area contributed by atoms with Gasteiger partial charge in [-0.05, 0) is 49.1 Å². The van der Waals surface area contributed by atoms with E-state index in [4.69, 9.17) is 9.47 Å². The van der Waals surface area contributed by atoms with Gasteiger partial charge in [0.1, 0.15) is 6.10 Å². The normalized spacial score (nSPS) is 22.0. The molecular weight excluding hydrogens is 378 g/mol. The number of rotatable bonds is 4. The number of nitrogens with zero attached hydrogens (tertiary/aromatic N) is 1. The first-order valence-corrected chi connectivity index (χ1v) is 10.1. The average molecular weight is 401 g/mol. The predicted octanol–water partition coefficient (Wildman–Crippen LogP) is 4.59. The van der Waals surface area contributed by atoms with E-state index in [9.17, 15) is 9.90 Å². The maximum Gasteiger partial charge on any atom is 0.261 e. The topological polar surface area (TPSA) is 59.0 Å². The number of ether oxygens (including phenoxy) is 2. The number of hydrogen-bond acceptors (Lipinski definition) is 4. The second kappa shape index (κ2) is 6.89. The van der Waals surface area contributed by atoms with E-state index >= 15 is 0 Å². The van der Waals surface area contributed by atoms with Crippen molar-refractivity contribution >= 4 is 11.6 Å². The van der Waals surface area contributed by atoms with E-state index in [1.165, 1.54) is 16.0 Å². The molecule has 0 saturated heterocycles. The summed E-state index contributed by atoms with van der Waals surface area (Å²) in [5.41, 5.74) is 2.69. The van der Waals surface area contributed by atoms with Crippen molar-refractivity contribution in [2.45, 2.75) is 31.6 Å². The van der Waals surface area contributed by atoms with Crippen molar-refractivity contribution < 1.29 is 19.4 Å². The van der Waals surface area contributed by atoms with Gasteiger partial charge in [0.15, 0.2) is 17.2 Å². The molecule has 1 aliphatic heterocycles. The average Bonchev–Trinajstić information content (AvgIpc) is 3.25. The minimum absolute atomic E-state index is 0.0719. The van der Waals surface area contributed by atoms with Crippen LogP contribution < -0.4 is 14.4 Å². The zero-order valence-electron chi connectivity index (χ0n) is 17.0. The summed E-state index contributed by atoms with van der Waals surface area (Å²) in [6.45, 7) is 1.63. The van der Waals surface area contributed by atoms with Crippen LogP contribution in [-0.4, -0.2) is 18.1 Å². The number of aliphatic hydroxyl groups is 1. The van der Waals surface area contributed by atoms with Crippen molar-refractivity contribution in [2.24, 2.45) is 0 Å². The molecule has 1 amide bonds. The van der Waals surface area contributed by atoms with Crippen LogP contribution in [0, 0.1) is 0 Å². The SMILES string of the molecule is COc1ccc(N2C(=O)c3ccccc3C2(C)O)cc1OC1CCc2ccccc21. The van der Waals surface area contributed by atoms with Gasteiger partial charge in [-0.3, -0.25) is 9.69 Å². The standard InChI is InChI=1S/C25H23NO4/c1-25(28)20-10-6-5-9-19(20)24(27)26(25)17-12-14-22(29-2)23(15-17)30-21-13-11-16-7-3-4-8-18(16)21/h3-10,12,14-15,21,28H,11,13H2,1-2H3. The first-order chi connectivity index (χ1) is 14.5. The highest BCUT2D eigenvalue weighted by Gasteiger charge is 2.46. The largest absolute Gasteiger partial charge is 0.493 e. The highest BCUT2D eigenvalue weighted by atomic mass is 16.5. The Balaban J connectivity index is 1.52. The van der Waals surface area contributed by atoms with Crippen molar-refractivity contribution in [3.05, 3.63) is 89.0 Å². The van der Waals surface area contributed by atoms with Crippen LogP contribution >= 0.6 is 0 Å². The monoisotopic (exact) mass is 401 g/mol. The summed E-state index contributed by atoms with van der Waals surface area (Å²) in [6, 6.07) is 20.8. The quantitative estimate of drug-likeness (QED) is 0.695. The fourth-order valence-electron chi connectivity index (χ4n) is 4.58. The summed E-state index contributed by atoms with van der Waals surface area (Å²) < 4.78 is 11.9. The highest BCUT2D eigenvalue weighted by molar-refractivity contribution is 6.11. The number of fused-ring (bicyclic) bond motifs is 2. The third kappa shape index (κ3) is 2.77. The molecule has 1 heterocycles. The van der Waals surface area contributed by atoms with Gasteiger partial charge in [-0.15, -0.1) is 0 Å². The minimum atomic E-state index is -1.44. The van der Waals surface area contributed by atoms with E-state index < -0.39 is 5.72 Å². The number of carbonyl (C=O) groups is 1. The first kappa shape index (κ1) is 18.7. The summed E-state index contributed by atoms with van der Waals surface area (Å²) in [5, 5.41) is 11.2. The molecule has 30 heavy (non-hydrogen) atoms. The van der Waals surface area contributed by atoms with Crippen LogP contribution in [0.3, 0.4) is 0 Å². The molecule has 3 aromatic rings. The van der Waals surface area contributed by atoms with Gasteiger partial charge in [0.25, 0.3) is 5.91 Å². The Kier molecular flexibility index (Phi) is 4.29. The molecule has 0 spiro atoms. The Morgan fingerprint density at radius 3 is 2.60 bits per heavy atom. The van der Waals surface area contributed by atoms with Crippen molar-refractivity contribution in [2.75, 3.05) is 12.0 Å². The number of amides is 1. The molecule has 0 aromatic heterocycles. The second-order valence-corrected chi connectivity index (χ2v) is 7.89. The van der Waals surface area contributed by atoms with E-state index in [0.29, 0.717) is 28.3 Å². The number of benzene rings is 3. The Morgan fingerprint density at radius 1 is 1.03 bits per heavy atom. The van der Waals surface area contributed by atoms with E-state index in [1.807, 2.05) is 18.2 Å². The number of methoxy groups -OCH3 is 1. The molecule has 3 aromatic carbocycles. The number of anilines is 1. The van der Waals surface area contributed by atoms with Gasteiger partial charge in [-0.1, -0.05) is 42.5 Å². The van der Waals surface area contributed by atoms with Gasteiger partial charge >= 0.3 is 0 Å². The molecule has 0 fully saturated rings. The van der Waals surface area contributed by atoms with Crippen LogP contribution in [0.25, 0.3) is 0 Å². The third-order valence-corrected chi connectivity index (χ3v) is 6.06. The summed E-state index contributed by atoms with van der Waals surface area (Å²) in [6.07, 6.45) is 1.79. The lowest BCUT2D eigenvalue weighted by Gasteiger charge is -2.31. The van der Waals surface area contributed by atoms with Gasteiger partial charge in [0.2, 0.25) is 0 Å². The Labute approximate surface area is 175 Å². The zero-order valence-corrected chi connectivity index (χ0v) is 17.0. The molecule has 1 aliphatic carbocycles. The molecule has 1 N–H and O–H groups in total. The van der Waals surface area contributed by atoms with Gasteiger partial charge in [0.05, 0.1) is 12.8 Å². The summed E-state index contributed by atoms with van der Waals surface area (Å²) in [7, 11) is 1.59. The van der Waals surface area contributed by atoms with Gasteiger partial charge in [-0.2, -0.15) is 0 Å². The van der Waals surface area contributed by atoms with Crippen LogP contribution in [0.5, 0.6) is 11.5 Å². The Morgan fingerprint density at radius 2 is 1.80 bits per heavy atom. The summed E-state index contributed by atoms with van der Waals surface area (Å²) in [4.78, 5) is 14.5. The summed E-state index contributed by atoms with van der Waals surface area (Å²) in [5.74, 6) is 0.904. The van der Waals surface area contributed by atoms with Crippen LogP contribution in [0.2, 0.25) is 0 Å². The molecule has 2 atom stereocenters. The lowest BCUT2D eigenvalue weighted by Crippen LogP contribution is -2.41. The minimum Gasteiger partial charge on any atom is -0.493 e. The van der Waals surface area contributed by atoms with Crippen LogP contribution in [0.1, 0.15) is 46.5 Å². The Hall–Kier alpha value is -3.31. The van der Waals surface area contributed by atoms with Crippen LogP contribution in [0.15, 0.2) is 66.7 Å². The molecule has 0 bridgehead atoms. The molecule has 5 nitrogen and oxygen atoms in total. The number of carbonyl (C=O) groups excluding carboxylic acids is 1. The number of aryl methyl sites for hydroxylation is 1. The zero-order chi connectivity index (χ0) is 20.9. The van der Waals surface area contributed by atoms with Gasteiger partial charge in [-0.25, -0.2) is 0 Å². The van der Waals surface area contributed by atoms with Crippen LogP contribution in [0.4, 0.5) is 5.69 Å². The maximum absolute atomic E-state index is 13.1. The fraction of sp³-hybridized carbons (Fsp3) is 0.240. The highest BCUT2D eigenvalue weighted by Crippen LogP contribution is 2.44. The molecule has 0 saturated carbocycles. The van der Waals surface area contributed by atoms with Crippen molar-refractivity contribution in [1.29, 1.82) is 0 Å². The van der Waals surface area contributed by atoms with E-state index in [-0.39, 0.29) is 12.0 Å². The molecule has 5 heteroatoms. The molecule has 0 radical (unpaired) electrons. The van der Waals surface area contributed by atoms with Crippen molar-refractivity contribution in [3.8, 4) is 11.5 Å². The first-order valence-electron chi connectivity index (χ1n) is 10.1. The second-order valence-electron chi connectivity index (χ2n) is 7.89. The molecule has 152 valence electrons. The lowest BCUT2D eigenvalue weighted by molar-refractivity contribution is 0.0554. The molecular formula is C25H23NO4. The van der Waals surface area contributed by atoms with E-state index in [2.05, 4.69) is 12.1 Å². The molecule has 5 rings (SSSR count). The van der Waals surface area contributed by atoms with Crippen LogP contribution in [-0.2, 0) is 12.1 Å². The van der Waals surface area contributed by atoms with Crippen molar-refractivity contribution in [3.63, 3.8) is 0 Å². The fourth-order valence-corrected chi connectivity index (χ4v) is 4.58. The third-order valence-electron chi connectivity index (χ3n) is 6.06. The van der Waals surface area contributed by atoms with E-state index in [0.717, 1.165) is 12.8 Å². The van der Waals surface area contributed by atoms with Gasteiger partial charge in [0, 0.05) is 17.2 Å². The predicted molar refractivity (Wildman–Crippen MR) is 114 cm³/mol. The summed E-state index contributed by atoms with van der Waals surface area (Å²) >= 11 is 0. The lowest BCUT2D eigenvalue weighted by atomic mass is 10.0. The van der Waals surface area contributed by atoms with Crippen molar-refractivity contribution in [1.82, 2.24) is 0 Å². The van der Waals surface area contributed by atoms with Gasteiger partial charge < -0.3 is 14.6 Å². The Bertz CT molecular complexity index is 1140. The molecule has 2 aliphatic rings. The van der Waals surface area contributed by atoms with E-state index in [1.54, 1.807) is 50.4 Å². The maximum atomic E-state index is 13.1. The molecule has 2 unspecified atom stereocenters.